The molecule has 0 saturated carbocycles. The van der Waals surface area contributed by atoms with E-state index in [1.807, 2.05) is 30.3 Å². The van der Waals surface area contributed by atoms with E-state index >= 15 is 0 Å². The number of nitrogens with one attached hydrogen (secondary N) is 1. The van der Waals surface area contributed by atoms with Crippen LogP contribution in [0.15, 0.2) is 30.3 Å². The molecule has 1 aromatic carbocycles. The van der Waals surface area contributed by atoms with E-state index in [0.29, 0.717) is 6.42 Å². The molecule has 1 aromatic rings. The molecule has 0 unspecified atom stereocenters. The van der Waals surface area contributed by atoms with Crippen LogP contribution >= 0.6 is 11.8 Å². The molecule has 0 aromatic heterocycles. The van der Waals surface area contributed by atoms with Gasteiger partial charge in [-0.3, -0.25) is 14.4 Å². The first kappa shape index (κ1) is 16.2. The molecule has 0 aliphatic heterocycles. The fourth-order valence-corrected chi connectivity index (χ4v) is 2.44. The lowest BCUT2D eigenvalue weighted by Gasteiger charge is -2.17. The van der Waals surface area contributed by atoms with E-state index in [9.17, 15) is 14.4 Å². The predicted molar refractivity (Wildman–Crippen MR) is 77.4 cm³/mol. The summed E-state index contributed by atoms with van der Waals surface area (Å²) >= 11 is 0.912. The van der Waals surface area contributed by atoms with Gasteiger partial charge in [0.2, 0.25) is 5.91 Å². The fourth-order valence-electron chi connectivity index (χ4n) is 1.58. The average Bonchev–Trinajstić information content (AvgIpc) is 2.38. The molecule has 0 heterocycles. The molecule has 108 valence electrons. The minimum Gasteiger partial charge on any atom is -0.480 e. The highest BCUT2D eigenvalue weighted by molar-refractivity contribution is 8.14. The van der Waals surface area contributed by atoms with Crippen LogP contribution in [0.1, 0.15) is 19.4 Å². The Hall–Kier alpha value is -1.82. The summed E-state index contributed by atoms with van der Waals surface area (Å²) < 4.78 is 0. The van der Waals surface area contributed by atoms with Gasteiger partial charge in [-0.15, -0.1) is 0 Å². The summed E-state index contributed by atoms with van der Waals surface area (Å²) in [6.07, 6.45) is 0.378. The number of hydrogen-bond acceptors (Lipinski definition) is 4. The summed E-state index contributed by atoms with van der Waals surface area (Å²) in [6.45, 7) is 2.77. The zero-order valence-electron chi connectivity index (χ0n) is 11.3. The van der Waals surface area contributed by atoms with E-state index in [-0.39, 0.29) is 5.12 Å². The lowest BCUT2D eigenvalue weighted by molar-refractivity contribution is -0.141. The van der Waals surface area contributed by atoms with E-state index < -0.39 is 23.2 Å². The van der Waals surface area contributed by atoms with E-state index in [1.165, 1.54) is 13.8 Å². The molecule has 2 N–H and O–H groups in total. The maximum Gasteiger partial charge on any atom is 0.325 e. The Labute approximate surface area is 121 Å². The van der Waals surface area contributed by atoms with E-state index in [4.69, 9.17) is 5.11 Å². The second-order valence-corrected chi connectivity index (χ2v) is 5.74. The number of carboxylic acid groups (broad SMARTS) is 1. The van der Waals surface area contributed by atoms with Gasteiger partial charge in [-0.25, -0.2) is 0 Å². The summed E-state index contributed by atoms with van der Waals surface area (Å²) in [7, 11) is 0. The van der Waals surface area contributed by atoms with Gasteiger partial charge < -0.3 is 10.4 Å². The van der Waals surface area contributed by atoms with Gasteiger partial charge in [-0.2, -0.15) is 0 Å². The standard InChI is InChI=1S/C14H17NO4S/c1-9(14(18)19)15-13(17)12(20-10(2)16)8-11-6-4-3-5-7-11/h3-7,9,12H,8H2,1-2H3,(H,15,17)(H,18,19)/t9-,12-/m0/s1. The molecule has 20 heavy (non-hydrogen) atoms. The van der Waals surface area contributed by atoms with Crippen LogP contribution in [-0.2, 0) is 20.8 Å². The Morgan fingerprint density at radius 1 is 1.25 bits per heavy atom. The number of carbonyl (C=O) groups is 3. The van der Waals surface area contributed by atoms with Crippen LogP contribution in [0.25, 0.3) is 0 Å². The van der Waals surface area contributed by atoms with Crippen LogP contribution in [-0.4, -0.2) is 33.4 Å². The minimum absolute atomic E-state index is 0.177. The summed E-state index contributed by atoms with van der Waals surface area (Å²) in [5.74, 6) is -1.55. The van der Waals surface area contributed by atoms with Crippen LogP contribution in [0.4, 0.5) is 0 Å². The summed E-state index contributed by atoms with van der Waals surface area (Å²) in [6, 6.07) is 8.31. The monoisotopic (exact) mass is 295 g/mol. The van der Waals surface area contributed by atoms with Gasteiger partial charge in [0.25, 0.3) is 0 Å². The summed E-state index contributed by atoms with van der Waals surface area (Å²) in [5.41, 5.74) is 0.921. The Bertz CT molecular complexity index is 489. The molecule has 0 aliphatic rings. The molecule has 2 atom stereocenters. The van der Waals surface area contributed by atoms with Crippen molar-refractivity contribution in [1.29, 1.82) is 0 Å². The topological polar surface area (TPSA) is 83.5 Å². The molecule has 1 amide bonds. The van der Waals surface area contributed by atoms with E-state index in [0.717, 1.165) is 17.3 Å². The molecule has 1 rings (SSSR count). The number of rotatable bonds is 6. The fraction of sp³-hybridized carbons (Fsp3) is 0.357. The molecule has 0 spiro atoms. The minimum atomic E-state index is -1.11. The van der Waals surface area contributed by atoms with Crippen molar-refractivity contribution in [3.8, 4) is 0 Å². The highest BCUT2D eigenvalue weighted by Gasteiger charge is 2.24. The predicted octanol–water partition coefficient (Wildman–Crippen LogP) is 1.47. The first-order chi connectivity index (χ1) is 9.40. The second kappa shape index (κ2) is 7.69. The average molecular weight is 295 g/mol. The van der Waals surface area contributed by atoms with Crippen molar-refractivity contribution in [2.24, 2.45) is 0 Å². The zero-order valence-corrected chi connectivity index (χ0v) is 12.1. The molecule has 0 radical (unpaired) electrons. The largest absolute Gasteiger partial charge is 0.480 e. The number of hydrogen-bond donors (Lipinski definition) is 2. The smallest absolute Gasteiger partial charge is 0.325 e. The van der Waals surface area contributed by atoms with Gasteiger partial charge >= 0.3 is 5.97 Å². The maximum absolute atomic E-state index is 12.1. The number of carbonyl (C=O) groups excluding carboxylic acids is 2. The van der Waals surface area contributed by atoms with Crippen LogP contribution in [0, 0.1) is 0 Å². The highest BCUT2D eigenvalue weighted by atomic mass is 32.2. The second-order valence-electron chi connectivity index (χ2n) is 4.36. The number of benzene rings is 1. The van der Waals surface area contributed by atoms with Gasteiger partial charge in [0.15, 0.2) is 5.12 Å². The zero-order chi connectivity index (χ0) is 15.1. The third-order valence-electron chi connectivity index (χ3n) is 2.59. The molecule has 5 nitrogen and oxygen atoms in total. The molecule has 0 bridgehead atoms. The highest BCUT2D eigenvalue weighted by Crippen LogP contribution is 2.18. The van der Waals surface area contributed by atoms with Crippen LogP contribution < -0.4 is 5.32 Å². The van der Waals surface area contributed by atoms with Crippen molar-refractivity contribution in [3.05, 3.63) is 35.9 Å². The van der Waals surface area contributed by atoms with Crippen molar-refractivity contribution in [1.82, 2.24) is 5.32 Å². The summed E-state index contributed by atoms with van der Waals surface area (Å²) in [4.78, 5) is 34.0. The lowest BCUT2D eigenvalue weighted by Crippen LogP contribution is -2.43. The summed E-state index contributed by atoms with van der Waals surface area (Å²) in [5, 5.41) is 10.4. The number of amides is 1. The van der Waals surface area contributed by atoms with Gasteiger partial charge in [0.1, 0.15) is 6.04 Å². The van der Waals surface area contributed by atoms with Crippen molar-refractivity contribution >= 4 is 28.8 Å². The van der Waals surface area contributed by atoms with Crippen LogP contribution in [0.5, 0.6) is 0 Å². The lowest BCUT2D eigenvalue weighted by atomic mass is 10.1. The molecular formula is C14H17NO4S. The third-order valence-corrected chi connectivity index (χ3v) is 3.59. The third kappa shape index (κ3) is 5.44. The van der Waals surface area contributed by atoms with Crippen molar-refractivity contribution in [2.75, 3.05) is 0 Å². The Balaban J connectivity index is 2.75. The van der Waals surface area contributed by atoms with Crippen molar-refractivity contribution in [3.63, 3.8) is 0 Å². The van der Waals surface area contributed by atoms with Gasteiger partial charge in [0.05, 0.1) is 5.25 Å². The maximum atomic E-state index is 12.1. The van der Waals surface area contributed by atoms with Crippen LogP contribution in [0.3, 0.4) is 0 Å². The van der Waals surface area contributed by atoms with E-state index in [1.54, 1.807) is 0 Å². The molecular weight excluding hydrogens is 278 g/mol. The molecule has 0 fully saturated rings. The number of carboxylic acids is 1. The van der Waals surface area contributed by atoms with Crippen molar-refractivity contribution < 1.29 is 19.5 Å². The first-order valence-corrected chi connectivity index (χ1v) is 7.02. The van der Waals surface area contributed by atoms with Crippen molar-refractivity contribution in [2.45, 2.75) is 31.6 Å². The molecule has 0 saturated heterocycles. The van der Waals surface area contributed by atoms with E-state index in [2.05, 4.69) is 5.32 Å². The molecule has 6 heteroatoms. The normalized spacial score (nSPS) is 13.3. The molecule has 0 aliphatic carbocycles. The quantitative estimate of drug-likeness (QED) is 0.830. The first-order valence-electron chi connectivity index (χ1n) is 6.14. The Kier molecular flexibility index (Phi) is 6.24. The van der Waals surface area contributed by atoms with Gasteiger partial charge in [-0.05, 0) is 18.9 Å². The van der Waals surface area contributed by atoms with Gasteiger partial charge in [-0.1, -0.05) is 42.1 Å². The van der Waals surface area contributed by atoms with Crippen LogP contribution in [0.2, 0.25) is 0 Å². The Morgan fingerprint density at radius 3 is 2.35 bits per heavy atom. The number of aliphatic carboxylic acids is 1. The van der Waals surface area contributed by atoms with Gasteiger partial charge in [0, 0.05) is 6.92 Å². The Morgan fingerprint density at radius 2 is 1.85 bits per heavy atom. The SMILES string of the molecule is CC(=O)S[C@@H](Cc1ccccc1)C(=O)N[C@@H](C)C(=O)O. The number of thioether (sulfide) groups is 1.